The summed E-state index contributed by atoms with van der Waals surface area (Å²) in [5.74, 6) is -2.22. The second-order valence-electron chi connectivity index (χ2n) is 4.68. The highest BCUT2D eigenvalue weighted by atomic mass is 79.9. The maximum Gasteiger partial charge on any atom is 0.327 e. The van der Waals surface area contributed by atoms with E-state index in [4.69, 9.17) is 5.11 Å². The molecule has 2 rings (SSSR count). The van der Waals surface area contributed by atoms with Crippen molar-refractivity contribution in [1.82, 2.24) is 4.90 Å². The van der Waals surface area contributed by atoms with E-state index in [2.05, 4.69) is 15.9 Å². The van der Waals surface area contributed by atoms with Crippen molar-refractivity contribution in [2.24, 2.45) is 5.92 Å². The molecular formula is C10H12BrNO4S. The minimum atomic E-state index is -1.01. The number of β-lactam (4-membered cyclic amide) rings is 1. The number of hydrogen-bond donors (Lipinski definition) is 1. The number of amides is 1. The normalized spacial score (nSPS) is 34.2. The summed E-state index contributed by atoms with van der Waals surface area (Å²) in [5.41, 5.74) is 0. The molecule has 0 aromatic carbocycles. The van der Waals surface area contributed by atoms with E-state index in [1.807, 2.05) is 0 Å². The van der Waals surface area contributed by atoms with Gasteiger partial charge in [-0.1, -0.05) is 15.9 Å². The van der Waals surface area contributed by atoms with Crippen LogP contribution < -0.4 is 0 Å². The van der Waals surface area contributed by atoms with Crippen molar-refractivity contribution in [1.29, 1.82) is 0 Å². The van der Waals surface area contributed by atoms with Crippen molar-refractivity contribution < 1.29 is 19.5 Å². The summed E-state index contributed by atoms with van der Waals surface area (Å²) in [6.07, 6.45) is 0. The molecule has 0 spiro atoms. The van der Waals surface area contributed by atoms with Crippen LogP contribution >= 0.6 is 27.7 Å². The summed E-state index contributed by atoms with van der Waals surface area (Å²) in [5, 5.41) is 8.98. The lowest BCUT2D eigenvalue weighted by molar-refractivity contribution is -0.165. The second kappa shape index (κ2) is 3.98. The van der Waals surface area contributed by atoms with Gasteiger partial charge in [0.1, 0.15) is 12.0 Å². The highest BCUT2D eigenvalue weighted by Gasteiger charge is 2.65. The Morgan fingerprint density at radius 1 is 1.53 bits per heavy atom. The molecule has 2 heterocycles. The summed E-state index contributed by atoms with van der Waals surface area (Å²) < 4.78 is -0.562. The van der Waals surface area contributed by atoms with E-state index in [0.717, 1.165) is 0 Å². The zero-order valence-corrected chi connectivity index (χ0v) is 11.7. The second-order valence-corrected chi connectivity index (χ2v) is 7.01. The maximum atomic E-state index is 11.9. The van der Waals surface area contributed by atoms with Gasteiger partial charge in [0, 0.05) is 4.75 Å². The summed E-state index contributed by atoms with van der Waals surface area (Å²) in [4.78, 5) is 36.0. The highest BCUT2D eigenvalue weighted by molar-refractivity contribution is 9.09. The lowest BCUT2D eigenvalue weighted by atomic mass is 9.89. The number of carboxylic acids is 1. The first-order chi connectivity index (χ1) is 7.81. The fourth-order valence-electron chi connectivity index (χ4n) is 2.39. The Labute approximate surface area is 111 Å². The molecule has 0 aromatic rings. The smallest absolute Gasteiger partial charge is 0.327 e. The van der Waals surface area contributed by atoms with Crippen LogP contribution in [-0.2, 0) is 14.4 Å². The third kappa shape index (κ3) is 1.71. The molecule has 0 bridgehead atoms. The van der Waals surface area contributed by atoms with Crippen LogP contribution in [-0.4, -0.2) is 49.2 Å². The molecule has 1 N–H and O–H groups in total. The van der Waals surface area contributed by atoms with Crippen molar-refractivity contribution >= 4 is 45.4 Å². The molecular weight excluding hydrogens is 310 g/mol. The van der Waals surface area contributed by atoms with Crippen molar-refractivity contribution in [3.63, 3.8) is 0 Å². The zero-order chi connectivity index (χ0) is 13.0. The number of hydrogen-bond acceptors (Lipinski definition) is 4. The number of Topliss-reactive ketones (excluding diaryl/α,β-unsaturated/α-hetero) is 1. The number of ketones is 1. The van der Waals surface area contributed by atoms with Gasteiger partial charge in [0.05, 0.1) is 10.7 Å². The number of carbonyl (C=O) groups is 3. The molecule has 17 heavy (non-hydrogen) atoms. The summed E-state index contributed by atoms with van der Waals surface area (Å²) in [7, 11) is 0. The van der Waals surface area contributed by atoms with E-state index in [-0.39, 0.29) is 22.4 Å². The summed E-state index contributed by atoms with van der Waals surface area (Å²) >= 11 is 4.43. The number of thioether (sulfide) groups is 1. The van der Waals surface area contributed by atoms with Crippen LogP contribution in [0.15, 0.2) is 0 Å². The average Bonchev–Trinajstić information content (AvgIpc) is 2.46. The molecule has 3 atom stereocenters. The molecule has 1 amide bonds. The van der Waals surface area contributed by atoms with Crippen LogP contribution in [0, 0.1) is 5.92 Å². The van der Waals surface area contributed by atoms with E-state index in [1.54, 1.807) is 13.8 Å². The van der Waals surface area contributed by atoms with Gasteiger partial charge in [-0.2, -0.15) is 0 Å². The van der Waals surface area contributed by atoms with Gasteiger partial charge in [0.25, 0.3) is 0 Å². The van der Waals surface area contributed by atoms with Gasteiger partial charge < -0.3 is 10.0 Å². The van der Waals surface area contributed by atoms with Crippen molar-refractivity contribution in [3.05, 3.63) is 0 Å². The Bertz CT molecular complexity index is 411. The monoisotopic (exact) mass is 321 g/mol. The highest BCUT2D eigenvalue weighted by Crippen LogP contribution is 2.53. The van der Waals surface area contributed by atoms with Crippen LogP contribution in [0.4, 0.5) is 0 Å². The fourth-order valence-corrected chi connectivity index (χ4v) is 4.45. The Morgan fingerprint density at radius 2 is 2.12 bits per heavy atom. The molecule has 0 aliphatic carbocycles. The van der Waals surface area contributed by atoms with Gasteiger partial charge in [0.15, 0.2) is 5.78 Å². The van der Waals surface area contributed by atoms with Crippen LogP contribution in [0.3, 0.4) is 0 Å². The average molecular weight is 322 g/mol. The molecule has 5 nitrogen and oxygen atoms in total. The SMILES string of the molecule is CC1(C)S[C@@H]2C(C(=O)CBr)C(=O)N2[C@H]1C(=O)O. The van der Waals surface area contributed by atoms with E-state index < -0.39 is 22.7 Å². The molecule has 0 saturated carbocycles. The number of aliphatic carboxylic acids is 1. The van der Waals surface area contributed by atoms with Gasteiger partial charge in [-0.25, -0.2) is 4.79 Å². The Hall–Kier alpha value is -0.560. The van der Waals surface area contributed by atoms with Crippen molar-refractivity contribution in [2.45, 2.75) is 30.0 Å². The van der Waals surface area contributed by atoms with E-state index in [0.29, 0.717) is 0 Å². The topological polar surface area (TPSA) is 74.7 Å². The van der Waals surface area contributed by atoms with Gasteiger partial charge >= 0.3 is 5.97 Å². The molecule has 2 fully saturated rings. The Morgan fingerprint density at radius 3 is 2.59 bits per heavy atom. The number of nitrogens with zero attached hydrogens (tertiary/aromatic N) is 1. The van der Waals surface area contributed by atoms with E-state index in [9.17, 15) is 14.4 Å². The molecule has 94 valence electrons. The predicted molar refractivity (Wildman–Crippen MR) is 66.0 cm³/mol. The lowest BCUT2D eigenvalue weighted by Crippen LogP contribution is -2.64. The molecule has 1 unspecified atom stereocenters. The van der Waals surface area contributed by atoms with E-state index >= 15 is 0 Å². The number of alkyl halides is 1. The van der Waals surface area contributed by atoms with Gasteiger partial charge in [-0.05, 0) is 13.8 Å². The quantitative estimate of drug-likeness (QED) is 0.471. The molecule has 7 heteroatoms. The first kappa shape index (κ1) is 12.9. The first-order valence-corrected chi connectivity index (χ1v) is 7.13. The first-order valence-electron chi connectivity index (χ1n) is 5.12. The third-order valence-electron chi connectivity index (χ3n) is 3.15. The molecule has 0 aromatic heterocycles. The standard InChI is InChI=1S/C10H12BrNO4S/c1-10(2)6(9(15)16)12-7(14)5(4(13)3-11)8(12)17-10/h5-6,8H,3H2,1-2H3,(H,15,16)/t5?,6-,8+/m0/s1. The predicted octanol–water partition coefficient (Wildman–Crippen LogP) is 0.714. The van der Waals surface area contributed by atoms with Crippen molar-refractivity contribution in [2.75, 3.05) is 5.33 Å². The molecule has 2 aliphatic rings. The minimum absolute atomic E-state index is 0.131. The van der Waals surface area contributed by atoms with Crippen LogP contribution in [0.1, 0.15) is 13.8 Å². The molecule has 2 saturated heterocycles. The molecule has 2 aliphatic heterocycles. The summed E-state index contributed by atoms with van der Waals surface area (Å²) in [6.45, 7) is 3.58. The number of carbonyl (C=O) groups excluding carboxylic acids is 2. The zero-order valence-electron chi connectivity index (χ0n) is 9.34. The van der Waals surface area contributed by atoms with Gasteiger partial charge in [0.2, 0.25) is 5.91 Å². The number of rotatable bonds is 3. The number of halogens is 1. The third-order valence-corrected chi connectivity index (χ3v) is 5.28. The van der Waals surface area contributed by atoms with Crippen LogP contribution in [0.5, 0.6) is 0 Å². The maximum absolute atomic E-state index is 11.9. The lowest BCUT2D eigenvalue weighted by Gasteiger charge is -2.42. The largest absolute Gasteiger partial charge is 0.480 e. The number of carboxylic acid groups (broad SMARTS) is 1. The van der Waals surface area contributed by atoms with Gasteiger partial charge in [-0.3, -0.25) is 9.59 Å². The Kier molecular flexibility index (Phi) is 3.02. The summed E-state index contributed by atoms with van der Waals surface area (Å²) in [6, 6.07) is -0.843. The van der Waals surface area contributed by atoms with Crippen LogP contribution in [0.2, 0.25) is 0 Å². The van der Waals surface area contributed by atoms with Crippen molar-refractivity contribution in [3.8, 4) is 0 Å². The van der Waals surface area contributed by atoms with Crippen LogP contribution in [0.25, 0.3) is 0 Å². The minimum Gasteiger partial charge on any atom is -0.480 e. The molecule has 0 radical (unpaired) electrons. The fraction of sp³-hybridized carbons (Fsp3) is 0.700. The van der Waals surface area contributed by atoms with Gasteiger partial charge in [-0.15, -0.1) is 11.8 Å². The number of fused-ring (bicyclic) bond motifs is 1. The van der Waals surface area contributed by atoms with E-state index in [1.165, 1.54) is 16.7 Å². The Balaban J connectivity index is 2.28.